The molecule has 1 heterocycles. The molecule has 0 saturated carbocycles. The largest absolute Gasteiger partial charge is 0.384 e. The highest BCUT2D eigenvalue weighted by atomic mass is 16.6. The fraction of sp³-hybridized carbons (Fsp3) is 0.261. The van der Waals surface area contributed by atoms with Gasteiger partial charge in [0.25, 0.3) is 5.91 Å². The Morgan fingerprint density at radius 3 is 2.57 bits per heavy atom. The van der Waals surface area contributed by atoms with Crippen LogP contribution < -0.4 is 11.1 Å². The number of nitrogens with zero attached hydrogens (tertiary/aromatic N) is 3. The first-order valence-corrected chi connectivity index (χ1v) is 9.79. The molecule has 0 atom stereocenters. The van der Waals surface area contributed by atoms with Gasteiger partial charge in [-0.05, 0) is 44.0 Å². The summed E-state index contributed by atoms with van der Waals surface area (Å²) in [4.78, 5) is 17.1. The van der Waals surface area contributed by atoms with Gasteiger partial charge in [-0.1, -0.05) is 53.2 Å². The number of aromatic nitrogens is 2. The summed E-state index contributed by atoms with van der Waals surface area (Å²) in [6, 6.07) is 17.7. The lowest BCUT2D eigenvalue weighted by Crippen LogP contribution is -2.27. The number of nitrogens with two attached hydrogens (primary N) is 1. The Kier molecular flexibility index (Phi) is 6.85. The molecule has 30 heavy (non-hydrogen) atoms. The lowest BCUT2D eigenvalue weighted by Gasteiger charge is -2.08. The van der Waals surface area contributed by atoms with Crippen molar-refractivity contribution in [3.63, 3.8) is 0 Å². The third kappa shape index (κ3) is 5.94. The van der Waals surface area contributed by atoms with Crippen LogP contribution in [0.15, 0.2) is 59.8 Å². The molecule has 0 saturated heterocycles. The van der Waals surface area contributed by atoms with E-state index in [0.717, 1.165) is 28.1 Å². The van der Waals surface area contributed by atoms with Crippen molar-refractivity contribution < 1.29 is 9.63 Å². The van der Waals surface area contributed by atoms with Crippen LogP contribution in [0.5, 0.6) is 0 Å². The predicted molar refractivity (Wildman–Crippen MR) is 117 cm³/mol. The number of amidine groups is 1. The van der Waals surface area contributed by atoms with Gasteiger partial charge in [-0.2, -0.15) is 5.10 Å². The van der Waals surface area contributed by atoms with Gasteiger partial charge < -0.3 is 15.9 Å². The molecular formula is C23H27N5O2. The highest BCUT2D eigenvalue weighted by molar-refractivity contribution is 5.97. The van der Waals surface area contributed by atoms with Gasteiger partial charge >= 0.3 is 0 Å². The molecule has 1 aromatic heterocycles. The van der Waals surface area contributed by atoms with Gasteiger partial charge in [-0.25, -0.2) is 0 Å². The average Bonchev–Trinajstić information content (AvgIpc) is 3.04. The molecular weight excluding hydrogens is 378 g/mol. The van der Waals surface area contributed by atoms with E-state index < -0.39 is 0 Å². The molecule has 0 unspecified atom stereocenters. The van der Waals surface area contributed by atoms with Crippen molar-refractivity contribution in [2.24, 2.45) is 10.9 Å². The SMILES string of the molecule is Cc1ccc(CNC(=O)CO/N=C(\N)c2cccc(Cn3nc(C)cc3C)c2)cc1. The normalized spacial score (nSPS) is 11.4. The number of rotatable bonds is 8. The highest BCUT2D eigenvalue weighted by Crippen LogP contribution is 2.10. The number of oxime groups is 1. The molecule has 7 nitrogen and oxygen atoms in total. The monoisotopic (exact) mass is 405 g/mol. The lowest BCUT2D eigenvalue weighted by molar-refractivity contribution is -0.125. The van der Waals surface area contributed by atoms with E-state index in [4.69, 9.17) is 10.6 Å². The lowest BCUT2D eigenvalue weighted by atomic mass is 10.1. The maximum Gasteiger partial charge on any atom is 0.261 e. The van der Waals surface area contributed by atoms with Crippen molar-refractivity contribution >= 4 is 11.7 Å². The molecule has 0 radical (unpaired) electrons. The summed E-state index contributed by atoms with van der Waals surface area (Å²) in [7, 11) is 0. The molecule has 156 valence electrons. The Bertz CT molecular complexity index is 1040. The molecule has 2 aromatic carbocycles. The van der Waals surface area contributed by atoms with Crippen molar-refractivity contribution in [2.45, 2.75) is 33.9 Å². The van der Waals surface area contributed by atoms with E-state index >= 15 is 0 Å². The summed E-state index contributed by atoms with van der Waals surface area (Å²) in [5.74, 6) is -0.0399. The molecule has 7 heteroatoms. The number of hydrogen-bond donors (Lipinski definition) is 2. The van der Waals surface area contributed by atoms with Crippen LogP contribution >= 0.6 is 0 Å². The molecule has 0 bridgehead atoms. The minimum atomic E-state index is -0.259. The first-order chi connectivity index (χ1) is 14.4. The van der Waals surface area contributed by atoms with E-state index in [2.05, 4.69) is 15.6 Å². The summed E-state index contributed by atoms with van der Waals surface area (Å²) in [6.07, 6.45) is 0. The quantitative estimate of drug-likeness (QED) is 0.342. The highest BCUT2D eigenvalue weighted by Gasteiger charge is 2.06. The van der Waals surface area contributed by atoms with Gasteiger partial charge in [0.1, 0.15) is 0 Å². The molecule has 0 aliphatic carbocycles. The third-order valence-electron chi connectivity index (χ3n) is 4.63. The smallest absolute Gasteiger partial charge is 0.261 e. The Morgan fingerprint density at radius 2 is 1.87 bits per heavy atom. The van der Waals surface area contributed by atoms with Crippen LogP contribution in [-0.4, -0.2) is 28.1 Å². The zero-order valence-electron chi connectivity index (χ0n) is 17.6. The van der Waals surface area contributed by atoms with Crippen molar-refractivity contribution in [3.05, 3.63) is 88.2 Å². The summed E-state index contributed by atoms with van der Waals surface area (Å²) < 4.78 is 1.94. The summed E-state index contributed by atoms with van der Waals surface area (Å²) in [5, 5.41) is 11.2. The Labute approximate surface area is 176 Å². The van der Waals surface area contributed by atoms with Crippen LogP contribution in [0.1, 0.15) is 33.6 Å². The first-order valence-electron chi connectivity index (χ1n) is 9.79. The van der Waals surface area contributed by atoms with Gasteiger partial charge in [-0.3, -0.25) is 9.48 Å². The van der Waals surface area contributed by atoms with E-state index in [-0.39, 0.29) is 18.3 Å². The summed E-state index contributed by atoms with van der Waals surface area (Å²) >= 11 is 0. The molecule has 0 aliphatic rings. The minimum Gasteiger partial charge on any atom is -0.384 e. The Balaban J connectivity index is 1.51. The van der Waals surface area contributed by atoms with Crippen molar-refractivity contribution in [2.75, 3.05) is 6.61 Å². The number of carbonyl (C=O) groups is 1. The van der Waals surface area contributed by atoms with Crippen molar-refractivity contribution in [1.29, 1.82) is 0 Å². The van der Waals surface area contributed by atoms with Gasteiger partial charge in [-0.15, -0.1) is 0 Å². The maximum atomic E-state index is 11.9. The van der Waals surface area contributed by atoms with E-state index in [1.54, 1.807) is 0 Å². The van der Waals surface area contributed by atoms with Gasteiger partial charge in [0, 0.05) is 17.8 Å². The van der Waals surface area contributed by atoms with Crippen molar-refractivity contribution in [1.82, 2.24) is 15.1 Å². The third-order valence-corrected chi connectivity index (χ3v) is 4.63. The summed E-state index contributed by atoms with van der Waals surface area (Å²) in [5.41, 5.74) is 12.1. The van der Waals surface area contributed by atoms with Gasteiger partial charge in [0.05, 0.1) is 12.2 Å². The summed E-state index contributed by atoms with van der Waals surface area (Å²) in [6.45, 7) is 6.90. The number of nitrogens with one attached hydrogen (secondary N) is 1. The number of carbonyl (C=O) groups excluding carboxylic acids is 1. The molecule has 3 N–H and O–H groups in total. The Hall–Kier alpha value is -3.61. The molecule has 0 spiro atoms. The van der Waals surface area contributed by atoms with E-state index in [0.29, 0.717) is 13.1 Å². The van der Waals surface area contributed by atoms with E-state index in [1.165, 1.54) is 5.56 Å². The predicted octanol–water partition coefficient (Wildman–Crippen LogP) is 2.81. The van der Waals surface area contributed by atoms with Crippen LogP contribution in [0, 0.1) is 20.8 Å². The zero-order chi connectivity index (χ0) is 21.5. The van der Waals surface area contributed by atoms with Gasteiger partial charge in [0.2, 0.25) is 0 Å². The topological polar surface area (TPSA) is 94.5 Å². The van der Waals surface area contributed by atoms with Crippen LogP contribution in [0.25, 0.3) is 0 Å². The molecule has 1 amide bonds. The van der Waals surface area contributed by atoms with Crippen molar-refractivity contribution in [3.8, 4) is 0 Å². The van der Waals surface area contributed by atoms with Crippen LogP contribution in [-0.2, 0) is 22.7 Å². The average molecular weight is 406 g/mol. The molecule has 0 fully saturated rings. The van der Waals surface area contributed by atoms with Crippen LogP contribution in [0.2, 0.25) is 0 Å². The first kappa shape index (κ1) is 21.1. The van der Waals surface area contributed by atoms with E-state index in [1.807, 2.05) is 80.1 Å². The second kappa shape index (κ2) is 9.73. The zero-order valence-corrected chi connectivity index (χ0v) is 17.6. The fourth-order valence-electron chi connectivity index (χ4n) is 3.01. The second-order valence-electron chi connectivity index (χ2n) is 7.30. The second-order valence-corrected chi connectivity index (χ2v) is 7.30. The van der Waals surface area contributed by atoms with E-state index in [9.17, 15) is 4.79 Å². The van der Waals surface area contributed by atoms with Crippen LogP contribution in [0.4, 0.5) is 0 Å². The number of aryl methyl sites for hydroxylation is 3. The van der Waals surface area contributed by atoms with Gasteiger partial charge in [0.15, 0.2) is 12.4 Å². The molecule has 3 aromatic rings. The molecule has 3 rings (SSSR count). The number of hydrogen-bond acceptors (Lipinski definition) is 4. The standard InChI is InChI=1S/C23H27N5O2/c1-16-7-9-19(10-8-16)13-25-22(29)15-30-27-23(24)21-6-4-5-20(12-21)14-28-18(3)11-17(2)26-28/h4-12H,13-15H2,1-3H3,(H2,24,27)(H,25,29). The molecule has 0 aliphatic heterocycles. The van der Waals surface area contributed by atoms with Crippen LogP contribution in [0.3, 0.4) is 0 Å². The Morgan fingerprint density at radius 1 is 1.10 bits per heavy atom. The minimum absolute atomic E-state index is 0.196. The number of amides is 1. The maximum absolute atomic E-state index is 11.9. The number of benzene rings is 2. The fourth-order valence-corrected chi connectivity index (χ4v) is 3.01.